The normalized spacial score (nSPS) is 16.4. The molecule has 170 valence electrons. The molecule has 0 spiro atoms. The second kappa shape index (κ2) is 8.39. The fourth-order valence-electron chi connectivity index (χ4n) is 4.63. The van der Waals surface area contributed by atoms with E-state index in [-0.39, 0.29) is 5.91 Å². The molecule has 1 saturated heterocycles. The van der Waals surface area contributed by atoms with Gasteiger partial charge in [0.2, 0.25) is 5.95 Å². The number of nitrogens with zero attached hydrogens (tertiary/aromatic N) is 5. The Hall–Kier alpha value is -3.61. The quantitative estimate of drug-likeness (QED) is 0.607. The summed E-state index contributed by atoms with van der Waals surface area (Å²) in [4.78, 5) is 28.3. The van der Waals surface area contributed by atoms with E-state index in [1.807, 2.05) is 36.2 Å². The Labute approximate surface area is 195 Å². The van der Waals surface area contributed by atoms with Crippen LogP contribution in [-0.2, 0) is 0 Å². The van der Waals surface area contributed by atoms with Crippen molar-refractivity contribution in [3.8, 4) is 0 Å². The number of aromatic nitrogens is 2. The summed E-state index contributed by atoms with van der Waals surface area (Å²) in [6, 6.07) is 14.1. The molecule has 0 bridgehead atoms. The van der Waals surface area contributed by atoms with E-state index in [4.69, 9.17) is 4.98 Å². The smallest absolute Gasteiger partial charge is 0.260 e. The molecule has 0 saturated carbocycles. The van der Waals surface area contributed by atoms with Crippen molar-refractivity contribution in [2.75, 3.05) is 47.2 Å². The van der Waals surface area contributed by atoms with Crippen molar-refractivity contribution in [1.82, 2.24) is 9.97 Å². The molecule has 1 amide bonds. The van der Waals surface area contributed by atoms with Crippen molar-refractivity contribution < 1.29 is 4.79 Å². The predicted molar refractivity (Wildman–Crippen MR) is 134 cm³/mol. The Balaban J connectivity index is 1.43. The average Bonchev–Trinajstić information content (AvgIpc) is 2.91. The van der Waals surface area contributed by atoms with Crippen LogP contribution in [0.25, 0.3) is 0 Å². The second-order valence-corrected chi connectivity index (χ2v) is 9.14. The van der Waals surface area contributed by atoms with E-state index in [1.54, 1.807) is 18.1 Å². The number of carbonyl (C=O) groups is 1. The summed E-state index contributed by atoms with van der Waals surface area (Å²) >= 11 is 0. The van der Waals surface area contributed by atoms with E-state index in [9.17, 15) is 4.79 Å². The van der Waals surface area contributed by atoms with Gasteiger partial charge in [-0.25, -0.2) is 4.98 Å². The molecule has 0 atom stereocenters. The molecule has 33 heavy (non-hydrogen) atoms. The Kier molecular flexibility index (Phi) is 5.40. The van der Waals surface area contributed by atoms with Crippen molar-refractivity contribution >= 4 is 40.4 Å². The number of para-hydroxylation sites is 1. The van der Waals surface area contributed by atoms with Crippen molar-refractivity contribution in [2.45, 2.75) is 26.7 Å². The van der Waals surface area contributed by atoms with Crippen LogP contribution < -0.4 is 20.0 Å². The molecule has 2 aliphatic rings. The summed E-state index contributed by atoms with van der Waals surface area (Å²) < 4.78 is 0. The summed E-state index contributed by atoms with van der Waals surface area (Å²) in [6.07, 6.45) is 4.20. The monoisotopic (exact) mass is 442 g/mol. The first-order valence-electron chi connectivity index (χ1n) is 11.5. The first-order chi connectivity index (χ1) is 15.9. The lowest BCUT2D eigenvalue weighted by molar-refractivity contribution is 0.0994. The molecule has 1 aromatic heterocycles. The minimum absolute atomic E-state index is 0.0703. The Morgan fingerprint density at radius 2 is 1.76 bits per heavy atom. The number of rotatable bonds is 3. The maximum atomic E-state index is 13.0. The van der Waals surface area contributed by atoms with Gasteiger partial charge in [0.25, 0.3) is 5.91 Å². The summed E-state index contributed by atoms with van der Waals surface area (Å²) in [5, 5.41) is 3.38. The number of carbonyl (C=O) groups excluding carboxylic acids is 1. The van der Waals surface area contributed by atoms with E-state index >= 15 is 0 Å². The molecular formula is C26H30N6O. The van der Waals surface area contributed by atoms with Gasteiger partial charge in [-0.1, -0.05) is 19.1 Å². The lowest BCUT2D eigenvalue weighted by Gasteiger charge is -2.32. The third-order valence-electron chi connectivity index (χ3n) is 6.83. The van der Waals surface area contributed by atoms with Gasteiger partial charge in [0.05, 0.1) is 17.4 Å². The number of hydrogen-bond donors (Lipinski definition) is 1. The fourth-order valence-corrected chi connectivity index (χ4v) is 4.63. The van der Waals surface area contributed by atoms with Gasteiger partial charge in [0.15, 0.2) is 5.82 Å². The van der Waals surface area contributed by atoms with Gasteiger partial charge in [0, 0.05) is 38.6 Å². The number of piperidine rings is 1. The van der Waals surface area contributed by atoms with Crippen LogP contribution in [-0.4, -0.2) is 43.1 Å². The number of amides is 1. The molecule has 1 fully saturated rings. The Morgan fingerprint density at radius 1 is 1.00 bits per heavy atom. The molecule has 3 heterocycles. The van der Waals surface area contributed by atoms with Crippen LogP contribution in [0.3, 0.4) is 0 Å². The zero-order valence-corrected chi connectivity index (χ0v) is 19.7. The van der Waals surface area contributed by atoms with E-state index in [2.05, 4.69) is 47.2 Å². The first-order valence-corrected chi connectivity index (χ1v) is 11.5. The number of fused-ring (bicyclic) bond motifs is 2. The molecule has 7 nitrogen and oxygen atoms in total. The summed E-state index contributed by atoms with van der Waals surface area (Å²) in [6.45, 7) is 6.67. The molecule has 0 aliphatic carbocycles. The molecule has 5 rings (SSSR count). The van der Waals surface area contributed by atoms with Crippen LogP contribution in [0.15, 0.2) is 48.7 Å². The third-order valence-corrected chi connectivity index (χ3v) is 6.83. The van der Waals surface area contributed by atoms with E-state index < -0.39 is 0 Å². The highest BCUT2D eigenvalue weighted by molar-refractivity contribution is 6.13. The van der Waals surface area contributed by atoms with Crippen molar-refractivity contribution in [2.24, 2.45) is 5.92 Å². The molecule has 3 aromatic rings. The molecular weight excluding hydrogens is 412 g/mol. The van der Waals surface area contributed by atoms with Crippen molar-refractivity contribution in [3.05, 3.63) is 59.8 Å². The lowest BCUT2D eigenvalue weighted by Crippen LogP contribution is -2.32. The molecule has 1 N–H and O–H groups in total. The van der Waals surface area contributed by atoms with Crippen LogP contribution in [0.5, 0.6) is 0 Å². The van der Waals surface area contributed by atoms with Crippen LogP contribution in [0.2, 0.25) is 0 Å². The topological polar surface area (TPSA) is 64.6 Å². The van der Waals surface area contributed by atoms with Crippen LogP contribution >= 0.6 is 0 Å². The maximum absolute atomic E-state index is 13.0. The summed E-state index contributed by atoms with van der Waals surface area (Å²) in [7, 11) is 3.69. The number of nitrogens with one attached hydrogen (secondary N) is 1. The number of aryl methyl sites for hydroxylation is 1. The van der Waals surface area contributed by atoms with E-state index in [0.29, 0.717) is 23.0 Å². The van der Waals surface area contributed by atoms with Crippen LogP contribution in [0.4, 0.5) is 34.5 Å². The fraction of sp³-hybridized carbons (Fsp3) is 0.346. The molecule has 7 heteroatoms. The lowest BCUT2D eigenvalue weighted by atomic mass is 9.98. The molecule has 0 radical (unpaired) electrons. The van der Waals surface area contributed by atoms with Gasteiger partial charge in [-0.05, 0) is 61.6 Å². The predicted octanol–water partition coefficient (Wildman–Crippen LogP) is 5.12. The zero-order valence-electron chi connectivity index (χ0n) is 19.7. The zero-order chi connectivity index (χ0) is 23.1. The van der Waals surface area contributed by atoms with Gasteiger partial charge in [0.1, 0.15) is 5.69 Å². The highest BCUT2D eigenvalue weighted by atomic mass is 16.2. The Morgan fingerprint density at radius 3 is 2.52 bits per heavy atom. The van der Waals surface area contributed by atoms with Gasteiger partial charge in [-0.2, -0.15) is 4.98 Å². The van der Waals surface area contributed by atoms with E-state index in [1.165, 1.54) is 18.5 Å². The molecule has 2 aromatic carbocycles. The largest absolute Gasteiger partial charge is 0.372 e. The standard InChI is InChI=1S/C26H30N6O/c1-17-11-13-32(14-12-17)19-9-10-21(18(2)15-19)28-26-27-16-23-24(29-26)30(3)22-8-6-5-7-20(22)25(33)31(23)4/h5-10,15-17H,11-14H2,1-4H3,(H,27,28,29). The van der Waals surface area contributed by atoms with E-state index in [0.717, 1.165) is 35.9 Å². The Bertz CT molecular complexity index is 1200. The highest BCUT2D eigenvalue weighted by Crippen LogP contribution is 2.38. The average molecular weight is 443 g/mol. The number of anilines is 6. The van der Waals surface area contributed by atoms with Crippen molar-refractivity contribution in [3.63, 3.8) is 0 Å². The van der Waals surface area contributed by atoms with Gasteiger partial charge in [-0.3, -0.25) is 4.79 Å². The van der Waals surface area contributed by atoms with Gasteiger partial charge >= 0.3 is 0 Å². The second-order valence-electron chi connectivity index (χ2n) is 9.14. The van der Waals surface area contributed by atoms with Gasteiger partial charge in [-0.15, -0.1) is 0 Å². The van der Waals surface area contributed by atoms with Crippen LogP contribution in [0.1, 0.15) is 35.7 Å². The number of benzene rings is 2. The summed E-state index contributed by atoms with van der Waals surface area (Å²) in [5.41, 5.74) is 5.54. The highest BCUT2D eigenvalue weighted by Gasteiger charge is 2.28. The molecule has 0 unspecified atom stereocenters. The minimum atomic E-state index is -0.0703. The first kappa shape index (κ1) is 21.2. The summed E-state index contributed by atoms with van der Waals surface area (Å²) in [5.74, 6) is 1.93. The molecule has 2 aliphatic heterocycles. The van der Waals surface area contributed by atoms with Crippen LogP contribution in [0, 0.1) is 12.8 Å². The third kappa shape index (κ3) is 3.88. The SMILES string of the molecule is Cc1cc(N2CCC(C)CC2)ccc1Nc1ncc2c(n1)N(C)c1ccccc1C(=O)N2C. The van der Waals surface area contributed by atoms with Crippen molar-refractivity contribution in [1.29, 1.82) is 0 Å². The maximum Gasteiger partial charge on any atom is 0.260 e. The minimum Gasteiger partial charge on any atom is -0.372 e. The van der Waals surface area contributed by atoms with Gasteiger partial charge < -0.3 is 20.0 Å². The number of hydrogen-bond acceptors (Lipinski definition) is 6.